The first-order valence-corrected chi connectivity index (χ1v) is 10.4. The van der Waals surface area contributed by atoms with Crippen molar-refractivity contribution in [2.24, 2.45) is 28.1 Å². The van der Waals surface area contributed by atoms with E-state index in [9.17, 15) is 24.3 Å². The van der Waals surface area contributed by atoms with E-state index < -0.39 is 35.9 Å². The Hall–Kier alpha value is -2.89. The van der Waals surface area contributed by atoms with Gasteiger partial charge < -0.3 is 37.8 Å². The van der Waals surface area contributed by atoms with E-state index in [4.69, 9.17) is 17.2 Å². The maximum Gasteiger partial charge on any atom is 0.326 e. The Kier molecular flexibility index (Phi) is 10.7. The van der Waals surface area contributed by atoms with Crippen LogP contribution in [-0.2, 0) is 19.2 Å². The smallest absolute Gasteiger partial charge is 0.326 e. The number of amides is 3. The first-order chi connectivity index (χ1) is 14.6. The number of carboxylic acid groups (broad SMARTS) is 1. The molecule has 1 fully saturated rings. The maximum atomic E-state index is 13.1. The second-order valence-corrected chi connectivity index (χ2v) is 7.99. The third-order valence-corrected chi connectivity index (χ3v) is 4.92. The second kappa shape index (κ2) is 12.7. The van der Waals surface area contributed by atoms with Crippen LogP contribution in [-0.4, -0.2) is 77.4 Å². The number of carboxylic acids is 1. The van der Waals surface area contributed by atoms with Gasteiger partial charge in [0.15, 0.2) is 5.96 Å². The van der Waals surface area contributed by atoms with Crippen molar-refractivity contribution in [2.45, 2.75) is 64.1 Å². The lowest BCUT2D eigenvalue weighted by Crippen LogP contribution is -2.56. The molecule has 1 heterocycles. The molecule has 1 aliphatic heterocycles. The largest absolute Gasteiger partial charge is 0.480 e. The van der Waals surface area contributed by atoms with Crippen molar-refractivity contribution in [3.8, 4) is 0 Å². The Bertz CT molecular complexity index is 679. The SMILES string of the molecule is CC(C)CC(NC(=O)CN)C(=O)N1CCCC1C(=O)NC(CCCN=C(N)N)C(=O)O. The summed E-state index contributed by atoms with van der Waals surface area (Å²) in [5, 5.41) is 14.6. The number of hydrogen-bond acceptors (Lipinski definition) is 6. The lowest BCUT2D eigenvalue weighted by molar-refractivity contribution is -0.145. The fourth-order valence-electron chi connectivity index (χ4n) is 3.48. The van der Waals surface area contributed by atoms with Gasteiger partial charge in [0.2, 0.25) is 17.7 Å². The molecule has 0 radical (unpaired) electrons. The van der Waals surface area contributed by atoms with E-state index in [1.807, 2.05) is 13.8 Å². The molecule has 0 saturated carbocycles. The summed E-state index contributed by atoms with van der Waals surface area (Å²) in [6, 6.07) is -2.71. The first kappa shape index (κ1) is 26.1. The van der Waals surface area contributed by atoms with Crippen LogP contribution in [0.3, 0.4) is 0 Å². The van der Waals surface area contributed by atoms with Crippen LogP contribution in [0.2, 0.25) is 0 Å². The fraction of sp³-hybridized carbons (Fsp3) is 0.737. The minimum Gasteiger partial charge on any atom is -0.480 e. The Morgan fingerprint density at radius 3 is 2.39 bits per heavy atom. The zero-order valence-electron chi connectivity index (χ0n) is 18.2. The minimum absolute atomic E-state index is 0.0892. The van der Waals surface area contributed by atoms with Gasteiger partial charge in [-0.05, 0) is 38.0 Å². The quantitative estimate of drug-likeness (QED) is 0.114. The lowest BCUT2D eigenvalue weighted by atomic mass is 10.0. The number of guanidine groups is 1. The molecule has 9 N–H and O–H groups in total. The molecule has 0 bridgehead atoms. The zero-order valence-corrected chi connectivity index (χ0v) is 18.2. The van der Waals surface area contributed by atoms with E-state index in [1.54, 1.807) is 0 Å². The number of carbonyl (C=O) groups excluding carboxylic acids is 3. The average molecular weight is 442 g/mol. The topological polar surface area (TPSA) is 206 Å². The van der Waals surface area contributed by atoms with E-state index in [2.05, 4.69) is 15.6 Å². The molecule has 3 unspecified atom stereocenters. The molecule has 31 heavy (non-hydrogen) atoms. The Labute approximate surface area is 182 Å². The molecule has 0 spiro atoms. The van der Waals surface area contributed by atoms with Crippen molar-refractivity contribution < 1.29 is 24.3 Å². The van der Waals surface area contributed by atoms with Crippen molar-refractivity contribution in [3.05, 3.63) is 0 Å². The highest BCUT2D eigenvalue weighted by Crippen LogP contribution is 2.21. The van der Waals surface area contributed by atoms with Gasteiger partial charge in [0.25, 0.3) is 0 Å². The summed E-state index contributed by atoms with van der Waals surface area (Å²) >= 11 is 0. The van der Waals surface area contributed by atoms with Crippen molar-refractivity contribution in [1.29, 1.82) is 0 Å². The molecule has 1 rings (SSSR count). The number of aliphatic carboxylic acids is 1. The van der Waals surface area contributed by atoms with Gasteiger partial charge in [-0.1, -0.05) is 13.8 Å². The molecule has 0 aromatic rings. The summed E-state index contributed by atoms with van der Waals surface area (Å²) in [5.41, 5.74) is 15.8. The number of rotatable bonds is 12. The third kappa shape index (κ3) is 8.79. The standard InChI is InChI=1S/C19H35N7O5/c1-11(2)9-13(24-15(27)10-20)17(29)26-8-4-6-14(26)16(28)25-12(18(30)31)5-3-7-23-19(21)22/h11-14H,3-10,20H2,1-2H3,(H,24,27)(H,25,28)(H,30,31)(H4,21,22,23). The van der Waals surface area contributed by atoms with E-state index in [-0.39, 0.29) is 37.3 Å². The molecule has 0 aromatic heterocycles. The monoisotopic (exact) mass is 441 g/mol. The molecule has 3 atom stereocenters. The van der Waals surface area contributed by atoms with Crippen molar-refractivity contribution >= 4 is 29.7 Å². The highest BCUT2D eigenvalue weighted by molar-refractivity contribution is 5.94. The molecular weight excluding hydrogens is 406 g/mol. The van der Waals surface area contributed by atoms with Gasteiger partial charge in [-0.15, -0.1) is 0 Å². The number of nitrogens with two attached hydrogens (primary N) is 3. The molecule has 0 aliphatic carbocycles. The van der Waals surface area contributed by atoms with Gasteiger partial charge in [0, 0.05) is 13.1 Å². The highest BCUT2D eigenvalue weighted by Gasteiger charge is 2.38. The van der Waals surface area contributed by atoms with Gasteiger partial charge in [-0.2, -0.15) is 0 Å². The maximum absolute atomic E-state index is 13.1. The molecule has 12 nitrogen and oxygen atoms in total. The number of nitrogens with one attached hydrogen (secondary N) is 2. The molecule has 12 heteroatoms. The lowest BCUT2D eigenvalue weighted by Gasteiger charge is -2.30. The van der Waals surface area contributed by atoms with Crippen LogP contribution in [0.25, 0.3) is 0 Å². The van der Waals surface area contributed by atoms with Crippen LogP contribution >= 0.6 is 0 Å². The van der Waals surface area contributed by atoms with Crippen LogP contribution in [0.1, 0.15) is 46.0 Å². The normalized spacial score (nSPS) is 17.7. The summed E-state index contributed by atoms with van der Waals surface area (Å²) < 4.78 is 0. The predicted octanol–water partition coefficient (Wildman–Crippen LogP) is -1.91. The first-order valence-electron chi connectivity index (χ1n) is 10.4. The fourth-order valence-corrected chi connectivity index (χ4v) is 3.48. The number of carbonyl (C=O) groups is 4. The Morgan fingerprint density at radius 2 is 1.84 bits per heavy atom. The van der Waals surface area contributed by atoms with Gasteiger partial charge in [0.1, 0.15) is 18.1 Å². The molecule has 1 saturated heterocycles. The van der Waals surface area contributed by atoms with Crippen molar-refractivity contribution in [1.82, 2.24) is 15.5 Å². The van der Waals surface area contributed by atoms with Crippen LogP contribution in [0.5, 0.6) is 0 Å². The van der Waals surface area contributed by atoms with Gasteiger partial charge >= 0.3 is 5.97 Å². The van der Waals surface area contributed by atoms with E-state index in [0.29, 0.717) is 32.2 Å². The van der Waals surface area contributed by atoms with Crippen LogP contribution < -0.4 is 27.8 Å². The third-order valence-electron chi connectivity index (χ3n) is 4.92. The number of likely N-dealkylation sites (tertiary alicyclic amines) is 1. The summed E-state index contributed by atoms with van der Waals surface area (Å²) in [6.07, 6.45) is 1.92. The summed E-state index contributed by atoms with van der Waals surface area (Å²) in [5.74, 6) is -2.49. The zero-order chi connectivity index (χ0) is 23.6. The van der Waals surface area contributed by atoms with Gasteiger partial charge in [-0.25, -0.2) is 4.79 Å². The minimum atomic E-state index is -1.18. The molecule has 3 amide bonds. The number of nitrogens with zero attached hydrogens (tertiary/aromatic N) is 2. The summed E-state index contributed by atoms with van der Waals surface area (Å²) in [6.45, 7) is 4.19. The predicted molar refractivity (Wildman–Crippen MR) is 115 cm³/mol. The molecule has 0 aromatic carbocycles. The van der Waals surface area contributed by atoms with E-state index in [1.165, 1.54) is 4.90 Å². The Morgan fingerprint density at radius 1 is 1.16 bits per heavy atom. The Balaban J connectivity index is 2.83. The second-order valence-electron chi connectivity index (χ2n) is 7.99. The van der Waals surface area contributed by atoms with E-state index >= 15 is 0 Å². The van der Waals surface area contributed by atoms with Crippen molar-refractivity contribution in [3.63, 3.8) is 0 Å². The number of hydrogen-bond donors (Lipinski definition) is 6. The molecular formula is C19H35N7O5. The van der Waals surface area contributed by atoms with Crippen LogP contribution in [0.4, 0.5) is 0 Å². The van der Waals surface area contributed by atoms with Crippen molar-refractivity contribution in [2.75, 3.05) is 19.6 Å². The average Bonchev–Trinajstić information content (AvgIpc) is 3.18. The molecule has 1 aliphatic rings. The molecule has 176 valence electrons. The van der Waals surface area contributed by atoms with Gasteiger partial charge in [-0.3, -0.25) is 19.4 Å². The van der Waals surface area contributed by atoms with Crippen LogP contribution in [0, 0.1) is 5.92 Å². The highest BCUT2D eigenvalue weighted by atomic mass is 16.4. The van der Waals surface area contributed by atoms with E-state index in [0.717, 1.165) is 0 Å². The summed E-state index contributed by atoms with van der Waals surface area (Å²) in [7, 11) is 0. The number of aliphatic imine (C=N–C) groups is 1. The summed E-state index contributed by atoms with van der Waals surface area (Å²) in [4.78, 5) is 54.4. The van der Waals surface area contributed by atoms with Gasteiger partial charge in [0.05, 0.1) is 6.54 Å². The van der Waals surface area contributed by atoms with Crippen LogP contribution in [0.15, 0.2) is 4.99 Å².